The van der Waals surface area contributed by atoms with E-state index in [1.807, 2.05) is 13.8 Å². The first kappa shape index (κ1) is 12.2. The number of nitrogens with zero attached hydrogens (tertiary/aromatic N) is 1. The van der Waals surface area contributed by atoms with Crippen LogP contribution in [0.25, 0.3) is 0 Å². The number of ether oxygens (including phenoxy) is 1. The molecule has 0 aromatic heterocycles. The van der Waals surface area contributed by atoms with Crippen LogP contribution in [0.15, 0.2) is 0 Å². The molecule has 0 unspecified atom stereocenters. The van der Waals surface area contributed by atoms with Crippen molar-refractivity contribution in [2.24, 2.45) is 0 Å². The molecule has 1 rings (SSSR count). The van der Waals surface area contributed by atoms with E-state index in [-0.39, 0.29) is 17.8 Å². The Labute approximate surface area is 90.6 Å². The van der Waals surface area contributed by atoms with Crippen molar-refractivity contribution in [3.05, 3.63) is 0 Å². The zero-order chi connectivity index (χ0) is 11.6. The number of hydrogen-bond donors (Lipinski definition) is 0. The Bertz CT molecular complexity index is 277. The third kappa shape index (κ3) is 2.56. The molecule has 0 aromatic carbocycles. The fourth-order valence-corrected chi connectivity index (χ4v) is 1.96. The minimum Gasteiger partial charge on any atom is -0.362 e. The lowest BCUT2D eigenvalue weighted by Gasteiger charge is -2.29. The summed E-state index contributed by atoms with van der Waals surface area (Å²) >= 11 is 0. The first-order chi connectivity index (χ1) is 6.89. The molecule has 4 heteroatoms. The molecule has 0 spiro atoms. The highest BCUT2D eigenvalue weighted by molar-refractivity contribution is 5.90. The zero-order valence-electron chi connectivity index (χ0n) is 9.87. The van der Waals surface area contributed by atoms with Gasteiger partial charge in [-0.2, -0.15) is 0 Å². The predicted octanol–water partition coefficient (Wildman–Crippen LogP) is 0.991. The molecule has 1 aliphatic heterocycles. The van der Waals surface area contributed by atoms with E-state index < -0.39 is 5.60 Å². The van der Waals surface area contributed by atoms with Gasteiger partial charge in [0.1, 0.15) is 5.60 Å². The smallest absolute Gasteiger partial charge is 0.219 e. The van der Waals surface area contributed by atoms with Crippen molar-refractivity contribution in [1.82, 2.24) is 4.90 Å². The van der Waals surface area contributed by atoms with Crippen LogP contribution in [0, 0.1) is 0 Å². The maximum atomic E-state index is 11.7. The predicted molar refractivity (Wildman–Crippen MR) is 56.5 cm³/mol. The van der Waals surface area contributed by atoms with Crippen molar-refractivity contribution in [3.8, 4) is 0 Å². The number of hydrogen-bond acceptors (Lipinski definition) is 3. The maximum absolute atomic E-state index is 11.7. The third-order valence-corrected chi connectivity index (χ3v) is 2.84. The van der Waals surface area contributed by atoms with Gasteiger partial charge in [0.15, 0.2) is 5.78 Å². The largest absolute Gasteiger partial charge is 0.362 e. The fraction of sp³-hybridized carbons (Fsp3) is 0.818. The summed E-state index contributed by atoms with van der Waals surface area (Å²) in [6.07, 6.45) is 0.416. The normalized spacial score (nSPS) is 30.7. The highest BCUT2D eigenvalue weighted by Crippen LogP contribution is 2.27. The molecular weight excluding hydrogens is 194 g/mol. The summed E-state index contributed by atoms with van der Waals surface area (Å²) in [6.45, 7) is 8.03. The van der Waals surface area contributed by atoms with Crippen LogP contribution in [-0.4, -0.2) is 41.4 Å². The van der Waals surface area contributed by atoms with Crippen molar-refractivity contribution < 1.29 is 14.3 Å². The average molecular weight is 213 g/mol. The number of Topliss-reactive ketones (excluding diaryl/α,β-unsaturated/α-hetero) is 1. The molecule has 15 heavy (non-hydrogen) atoms. The van der Waals surface area contributed by atoms with E-state index >= 15 is 0 Å². The molecule has 2 atom stereocenters. The topological polar surface area (TPSA) is 46.6 Å². The number of likely N-dealkylation sites (N-methyl/N-ethyl adjacent to an activating group) is 1. The molecule has 4 nitrogen and oxygen atoms in total. The quantitative estimate of drug-likeness (QED) is 0.702. The molecule has 1 saturated heterocycles. The summed E-state index contributed by atoms with van der Waals surface area (Å²) in [5.74, 6) is 0.0735. The molecule has 0 aromatic rings. The molecule has 0 N–H and O–H groups in total. The number of carbonyl (C=O) groups is 2. The summed E-state index contributed by atoms with van der Waals surface area (Å²) in [5.41, 5.74) is -0.804. The Morgan fingerprint density at radius 3 is 2.60 bits per heavy atom. The summed E-state index contributed by atoms with van der Waals surface area (Å²) in [6, 6.07) is 0. The lowest BCUT2D eigenvalue weighted by molar-refractivity contribution is -0.140. The average Bonchev–Trinajstić information content (AvgIpc) is 2.36. The van der Waals surface area contributed by atoms with Gasteiger partial charge in [0.2, 0.25) is 5.91 Å². The molecule has 1 aliphatic rings. The van der Waals surface area contributed by atoms with Crippen LogP contribution in [0.5, 0.6) is 0 Å². The van der Waals surface area contributed by atoms with Gasteiger partial charge in [-0.25, -0.2) is 0 Å². The minimum absolute atomic E-state index is 0.0188. The van der Waals surface area contributed by atoms with Crippen LogP contribution in [0.2, 0.25) is 0 Å². The van der Waals surface area contributed by atoms with Crippen molar-refractivity contribution in [3.63, 3.8) is 0 Å². The summed E-state index contributed by atoms with van der Waals surface area (Å²) in [5, 5.41) is 0. The van der Waals surface area contributed by atoms with Gasteiger partial charge < -0.3 is 9.64 Å². The van der Waals surface area contributed by atoms with Crippen LogP contribution in [0.3, 0.4) is 0 Å². The number of carbonyl (C=O) groups excluding carboxylic acids is 2. The number of ketones is 1. The Morgan fingerprint density at radius 2 is 2.27 bits per heavy atom. The molecular formula is C11H19NO3. The highest BCUT2D eigenvalue weighted by atomic mass is 16.5. The van der Waals surface area contributed by atoms with E-state index in [0.29, 0.717) is 19.5 Å². The molecule has 1 amide bonds. The van der Waals surface area contributed by atoms with E-state index in [4.69, 9.17) is 4.74 Å². The molecule has 86 valence electrons. The van der Waals surface area contributed by atoms with Gasteiger partial charge in [0.25, 0.3) is 0 Å². The highest BCUT2D eigenvalue weighted by Gasteiger charge is 2.43. The Kier molecular flexibility index (Phi) is 3.50. The van der Waals surface area contributed by atoms with Crippen molar-refractivity contribution in [1.29, 1.82) is 0 Å². The van der Waals surface area contributed by atoms with Crippen LogP contribution >= 0.6 is 0 Å². The van der Waals surface area contributed by atoms with Gasteiger partial charge in [0, 0.05) is 19.9 Å². The molecule has 0 saturated carbocycles. The van der Waals surface area contributed by atoms with Gasteiger partial charge in [-0.3, -0.25) is 9.59 Å². The number of amides is 1. The Hall–Kier alpha value is -0.900. The third-order valence-electron chi connectivity index (χ3n) is 2.84. The maximum Gasteiger partial charge on any atom is 0.219 e. The standard InChI is InChI=1S/C11H19NO3/c1-5-12(9(3)13)7-11(4)10(14)6-8(2)15-11/h8H,5-7H2,1-4H3/t8-,11-/m1/s1. The van der Waals surface area contributed by atoms with Gasteiger partial charge in [-0.05, 0) is 20.8 Å². The second-order valence-corrected chi connectivity index (χ2v) is 4.32. The van der Waals surface area contributed by atoms with E-state index in [2.05, 4.69) is 0 Å². The van der Waals surface area contributed by atoms with Crippen LogP contribution < -0.4 is 0 Å². The summed E-state index contributed by atoms with van der Waals surface area (Å²) in [4.78, 5) is 24.6. The summed E-state index contributed by atoms with van der Waals surface area (Å²) in [7, 11) is 0. The van der Waals surface area contributed by atoms with Gasteiger partial charge in [0.05, 0.1) is 12.6 Å². The van der Waals surface area contributed by atoms with Crippen LogP contribution in [0.4, 0.5) is 0 Å². The van der Waals surface area contributed by atoms with E-state index in [9.17, 15) is 9.59 Å². The van der Waals surface area contributed by atoms with Gasteiger partial charge in [-0.15, -0.1) is 0 Å². The molecule has 0 bridgehead atoms. The monoisotopic (exact) mass is 213 g/mol. The number of rotatable bonds is 3. The molecule has 1 heterocycles. The van der Waals surface area contributed by atoms with Gasteiger partial charge in [-0.1, -0.05) is 0 Å². The first-order valence-corrected chi connectivity index (χ1v) is 5.35. The molecule has 0 aliphatic carbocycles. The van der Waals surface area contributed by atoms with E-state index in [1.54, 1.807) is 11.8 Å². The fourth-order valence-electron chi connectivity index (χ4n) is 1.96. The van der Waals surface area contributed by atoms with Crippen molar-refractivity contribution >= 4 is 11.7 Å². The van der Waals surface area contributed by atoms with Crippen LogP contribution in [0.1, 0.15) is 34.1 Å². The second kappa shape index (κ2) is 4.31. The Balaban J connectivity index is 2.71. The minimum atomic E-state index is -0.804. The molecule has 1 fully saturated rings. The van der Waals surface area contributed by atoms with Gasteiger partial charge >= 0.3 is 0 Å². The second-order valence-electron chi connectivity index (χ2n) is 4.32. The lowest BCUT2D eigenvalue weighted by atomic mass is 10.00. The molecule has 0 radical (unpaired) electrons. The lowest BCUT2D eigenvalue weighted by Crippen LogP contribution is -2.47. The van der Waals surface area contributed by atoms with E-state index in [1.165, 1.54) is 6.92 Å². The first-order valence-electron chi connectivity index (χ1n) is 5.35. The van der Waals surface area contributed by atoms with E-state index in [0.717, 1.165) is 0 Å². The van der Waals surface area contributed by atoms with Crippen molar-refractivity contribution in [2.45, 2.75) is 45.8 Å². The van der Waals surface area contributed by atoms with Crippen LogP contribution in [-0.2, 0) is 14.3 Å². The SMILES string of the molecule is CCN(C[C@@]1(C)O[C@H](C)CC1=O)C(C)=O. The summed E-state index contributed by atoms with van der Waals surface area (Å²) < 4.78 is 5.60. The Morgan fingerprint density at radius 1 is 1.67 bits per heavy atom. The van der Waals surface area contributed by atoms with Crippen molar-refractivity contribution in [2.75, 3.05) is 13.1 Å². The zero-order valence-corrected chi connectivity index (χ0v) is 9.87.